The third-order valence-electron chi connectivity index (χ3n) is 3.29. The van der Waals surface area contributed by atoms with Crippen LogP contribution in [0.5, 0.6) is 5.75 Å². The van der Waals surface area contributed by atoms with Gasteiger partial charge in [-0.1, -0.05) is 15.9 Å². The second kappa shape index (κ2) is 7.97. The summed E-state index contributed by atoms with van der Waals surface area (Å²) in [5.41, 5.74) is 1.74. The maximum absolute atomic E-state index is 12.8. The Morgan fingerprint density at radius 2 is 1.96 bits per heavy atom. The molecule has 0 spiro atoms. The molecule has 0 unspecified atom stereocenters. The van der Waals surface area contributed by atoms with Gasteiger partial charge in [0.05, 0.1) is 6.54 Å². The zero-order valence-corrected chi connectivity index (χ0v) is 14.6. The second-order valence-corrected chi connectivity index (χ2v) is 6.03. The summed E-state index contributed by atoms with van der Waals surface area (Å²) in [6, 6.07) is 11.2. The number of halogens is 2. The molecule has 0 saturated heterocycles. The lowest BCUT2D eigenvalue weighted by Gasteiger charge is -2.19. The van der Waals surface area contributed by atoms with Crippen molar-refractivity contribution in [3.05, 3.63) is 58.3 Å². The third kappa shape index (κ3) is 5.25. The summed E-state index contributed by atoms with van der Waals surface area (Å²) in [7, 11) is 1.69. The maximum Gasteiger partial charge on any atom is 0.321 e. The topological polar surface area (TPSA) is 41.6 Å². The molecular weight excluding hydrogens is 363 g/mol. The Labute approximate surface area is 143 Å². The van der Waals surface area contributed by atoms with Gasteiger partial charge in [-0.25, -0.2) is 9.18 Å². The van der Waals surface area contributed by atoms with Gasteiger partial charge in [-0.3, -0.25) is 0 Å². The first-order valence-corrected chi connectivity index (χ1v) is 7.91. The van der Waals surface area contributed by atoms with Crippen molar-refractivity contribution in [3.63, 3.8) is 0 Å². The normalized spacial score (nSPS) is 10.3. The number of amides is 2. The number of ether oxygens (including phenoxy) is 1. The summed E-state index contributed by atoms with van der Waals surface area (Å²) in [5.74, 6) is 0.266. The molecule has 0 heterocycles. The minimum absolute atomic E-state index is 0.210. The van der Waals surface area contributed by atoms with E-state index in [2.05, 4.69) is 21.2 Å². The lowest BCUT2D eigenvalue weighted by atomic mass is 10.2. The molecule has 0 atom stereocenters. The van der Waals surface area contributed by atoms with E-state index in [-0.39, 0.29) is 11.8 Å². The van der Waals surface area contributed by atoms with Crippen molar-refractivity contribution in [2.75, 3.05) is 25.5 Å². The van der Waals surface area contributed by atoms with Crippen molar-refractivity contribution in [3.8, 4) is 5.75 Å². The fourth-order valence-electron chi connectivity index (χ4n) is 1.91. The van der Waals surface area contributed by atoms with E-state index in [9.17, 15) is 9.18 Å². The van der Waals surface area contributed by atoms with Crippen LogP contribution in [0.15, 0.2) is 46.9 Å². The molecule has 0 aliphatic rings. The van der Waals surface area contributed by atoms with Crippen LogP contribution in [0.2, 0.25) is 0 Å². The number of benzene rings is 2. The lowest BCUT2D eigenvalue weighted by Crippen LogP contribution is -2.34. The Kier molecular flexibility index (Phi) is 5.98. The predicted octanol–water partition coefficient (Wildman–Crippen LogP) is 4.44. The third-order valence-corrected chi connectivity index (χ3v) is 3.78. The molecule has 0 radical (unpaired) electrons. The minimum atomic E-state index is -0.307. The molecule has 0 aliphatic heterocycles. The summed E-state index contributed by atoms with van der Waals surface area (Å²) in [6.45, 7) is 2.67. The number of anilines is 1. The molecule has 6 heteroatoms. The van der Waals surface area contributed by atoms with Gasteiger partial charge in [-0.05, 0) is 55.0 Å². The van der Waals surface area contributed by atoms with E-state index in [1.165, 1.54) is 17.0 Å². The van der Waals surface area contributed by atoms with Crippen molar-refractivity contribution in [1.82, 2.24) is 4.90 Å². The number of nitrogens with one attached hydrogen (secondary N) is 1. The van der Waals surface area contributed by atoms with Crippen LogP contribution in [0.3, 0.4) is 0 Å². The van der Waals surface area contributed by atoms with Gasteiger partial charge < -0.3 is 15.0 Å². The summed E-state index contributed by atoms with van der Waals surface area (Å²) >= 11 is 3.39. The van der Waals surface area contributed by atoms with Crippen LogP contribution in [0, 0.1) is 12.7 Å². The number of rotatable bonds is 5. The van der Waals surface area contributed by atoms with Gasteiger partial charge in [0.25, 0.3) is 0 Å². The predicted molar refractivity (Wildman–Crippen MR) is 92.4 cm³/mol. The van der Waals surface area contributed by atoms with Crippen LogP contribution in [0.4, 0.5) is 14.9 Å². The van der Waals surface area contributed by atoms with Gasteiger partial charge in [0.1, 0.15) is 18.2 Å². The highest BCUT2D eigenvalue weighted by molar-refractivity contribution is 9.10. The SMILES string of the molecule is Cc1cc(Br)ccc1NC(=O)N(C)CCOc1ccc(F)cc1. The zero-order chi connectivity index (χ0) is 16.8. The zero-order valence-electron chi connectivity index (χ0n) is 13.0. The first-order valence-electron chi connectivity index (χ1n) is 7.12. The van der Waals surface area contributed by atoms with E-state index in [1.807, 2.05) is 25.1 Å². The molecule has 4 nitrogen and oxygen atoms in total. The van der Waals surface area contributed by atoms with Gasteiger partial charge in [0.2, 0.25) is 0 Å². The Balaban J connectivity index is 1.81. The number of likely N-dealkylation sites (N-methyl/N-ethyl adjacent to an activating group) is 1. The Morgan fingerprint density at radius 1 is 1.26 bits per heavy atom. The van der Waals surface area contributed by atoms with Crippen LogP contribution in [0.25, 0.3) is 0 Å². The van der Waals surface area contributed by atoms with Crippen molar-refractivity contribution in [2.24, 2.45) is 0 Å². The molecular formula is C17H18BrFN2O2. The lowest BCUT2D eigenvalue weighted by molar-refractivity contribution is 0.207. The fraction of sp³-hybridized carbons (Fsp3) is 0.235. The average molecular weight is 381 g/mol. The number of carbonyl (C=O) groups is 1. The summed E-state index contributed by atoms with van der Waals surface area (Å²) in [6.07, 6.45) is 0. The largest absolute Gasteiger partial charge is 0.492 e. The average Bonchev–Trinajstić information content (AvgIpc) is 2.51. The van der Waals surface area contributed by atoms with Crippen molar-refractivity contribution in [2.45, 2.75) is 6.92 Å². The first-order chi connectivity index (χ1) is 11.0. The number of nitrogens with zero attached hydrogens (tertiary/aromatic N) is 1. The van der Waals surface area contributed by atoms with Crippen molar-refractivity contribution >= 4 is 27.6 Å². The number of carbonyl (C=O) groups excluding carboxylic acids is 1. The molecule has 23 heavy (non-hydrogen) atoms. The maximum atomic E-state index is 12.8. The molecule has 0 fully saturated rings. The van der Waals surface area contributed by atoms with Crippen LogP contribution in [-0.4, -0.2) is 31.1 Å². The number of urea groups is 1. The van der Waals surface area contributed by atoms with Gasteiger partial charge >= 0.3 is 6.03 Å². The van der Waals surface area contributed by atoms with Gasteiger partial charge in [0.15, 0.2) is 0 Å². The van der Waals surface area contributed by atoms with Crippen LogP contribution in [-0.2, 0) is 0 Å². The van der Waals surface area contributed by atoms with Crippen molar-refractivity contribution in [1.29, 1.82) is 0 Å². The Hall–Kier alpha value is -2.08. The fourth-order valence-corrected chi connectivity index (χ4v) is 2.39. The van der Waals surface area contributed by atoms with E-state index in [1.54, 1.807) is 19.2 Å². The molecule has 1 N–H and O–H groups in total. The highest BCUT2D eigenvalue weighted by Gasteiger charge is 2.10. The Morgan fingerprint density at radius 3 is 2.61 bits per heavy atom. The van der Waals surface area contributed by atoms with E-state index in [0.717, 1.165) is 15.7 Å². The van der Waals surface area contributed by atoms with Crippen LogP contribution in [0.1, 0.15) is 5.56 Å². The van der Waals surface area contributed by atoms with Gasteiger partial charge in [-0.2, -0.15) is 0 Å². The number of hydrogen-bond acceptors (Lipinski definition) is 2. The standard InChI is InChI=1S/C17H18BrFN2O2/c1-12-11-13(18)3-8-16(12)20-17(22)21(2)9-10-23-15-6-4-14(19)5-7-15/h3-8,11H,9-10H2,1-2H3,(H,20,22). The molecule has 0 aliphatic carbocycles. The molecule has 122 valence electrons. The molecule has 0 bridgehead atoms. The van der Waals surface area contributed by atoms with Crippen LogP contribution < -0.4 is 10.1 Å². The summed E-state index contributed by atoms with van der Waals surface area (Å²) in [4.78, 5) is 13.7. The quantitative estimate of drug-likeness (QED) is 0.832. The second-order valence-electron chi connectivity index (χ2n) is 5.11. The first kappa shape index (κ1) is 17.3. The Bertz CT molecular complexity index is 677. The summed E-state index contributed by atoms with van der Waals surface area (Å²) in [5, 5.41) is 2.85. The number of hydrogen-bond donors (Lipinski definition) is 1. The van der Waals surface area contributed by atoms with E-state index in [0.29, 0.717) is 18.9 Å². The molecule has 0 saturated carbocycles. The monoisotopic (exact) mass is 380 g/mol. The molecule has 2 aromatic rings. The van der Waals surface area contributed by atoms with Crippen LogP contribution >= 0.6 is 15.9 Å². The van der Waals surface area contributed by atoms with Gasteiger partial charge in [0, 0.05) is 17.2 Å². The molecule has 2 rings (SSSR count). The highest BCUT2D eigenvalue weighted by Crippen LogP contribution is 2.20. The molecule has 2 aromatic carbocycles. The minimum Gasteiger partial charge on any atom is -0.492 e. The van der Waals surface area contributed by atoms with Crippen molar-refractivity contribution < 1.29 is 13.9 Å². The smallest absolute Gasteiger partial charge is 0.321 e. The highest BCUT2D eigenvalue weighted by atomic mass is 79.9. The van der Waals surface area contributed by atoms with Gasteiger partial charge in [-0.15, -0.1) is 0 Å². The summed E-state index contributed by atoms with van der Waals surface area (Å²) < 4.78 is 19.2. The number of aryl methyl sites for hydroxylation is 1. The van der Waals surface area contributed by atoms with E-state index in [4.69, 9.17) is 4.74 Å². The van der Waals surface area contributed by atoms with E-state index >= 15 is 0 Å². The molecule has 2 amide bonds. The van der Waals surface area contributed by atoms with E-state index < -0.39 is 0 Å². The molecule has 0 aromatic heterocycles.